The van der Waals surface area contributed by atoms with Crippen LogP contribution in [0.25, 0.3) is 10.9 Å². The van der Waals surface area contributed by atoms with Crippen molar-refractivity contribution in [3.8, 4) is 5.75 Å². The Kier molecular flexibility index (Phi) is 3.69. The fraction of sp³-hybridized carbons (Fsp3) is 0.438. The molecule has 2 aromatic rings. The number of hydrogen-bond donors (Lipinski definition) is 1. The molecule has 21 heavy (non-hydrogen) atoms. The second-order valence-corrected chi connectivity index (χ2v) is 5.53. The van der Waals surface area contributed by atoms with E-state index in [-0.39, 0.29) is 11.5 Å². The average Bonchev–Trinajstić information content (AvgIpc) is 2.71. The minimum atomic E-state index is 0.102. The number of aromatic nitrogens is 1. The molecule has 0 amide bonds. The van der Waals surface area contributed by atoms with Crippen molar-refractivity contribution in [1.29, 1.82) is 0 Å². The summed E-state index contributed by atoms with van der Waals surface area (Å²) >= 11 is 0. The maximum Gasteiger partial charge on any atom is 0.179 e. The molecule has 1 N–H and O–H groups in total. The number of carbonyl (C=O) groups excluding carboxylic acids is 1. The summed E-state index contributed by atoms with van der Waals surface area (Å²) in [5, 5.41) is 10.5. The highest BCUT2D eigenvalue weighted by Crippen LogP contribution is 2.28. The lowest BCUT2D eigenvalue weighted by Crippen LogP contribution is -2.39. The zero-order valence-corrected chi connectivity index (χ0v) is 12.4. The van der Waals surface area contributed by atoms with Crippen molar-refractivity contribution in [3.63, 3.8) is 0 Å². The summed E-state index contributed by atoms with van der Waals surface area (Å²) in [6, 6.07) is 5.18. The highest BCUT2D eigenvalue weighted by Gasteiger charge is 2.21. The Morgan fingerprint density at radius 1 is 1.33 bits per heavy atom. The van der Waals surface area contributed by atoms with Crippen LogP contribution in [-0.4, -0.2) is 53.2 Å². The van der Waals surface area contributed by atoms with Crippen LogP contribution in [0.15, 0.2) is 18.2 Å². The van der Waals surface area contributed by atoms with Crippen molar-refractivity contribution in [2.75, 3.05) is 32.8 Å². The van der Waals surface area contributed by atoms with E-state index in [1.54, 1.807) is 12.1 Å². The van der Waals surface area contributed by atoms with Gasteiger partial charge in [0, 0.05) is 42.3 Å². The molecule has 5 heteroatoms. The molecule has 2 heterocycles. The molecule has 0 saturated carbocycles. The molecule has 1 saturated heterocycles. The van der Waals surface area contributed by atoms with Crippen molar-refractivity contribution in [2.45, 2.75) is 6.92 Å². The zero-order valence-electron chi connectivity index (χ0n) is 12.4. The van der Waals surface area contributed by atoms with Crippen LogP contribution in [0.5, 0.6) is 5.75 Å². The molecule has 1 aliphatic heterocycles. The van der Waals surface area contributed by atoms with E-state index in [1.165, 1.54) is 0 Å². The molecular formula is C16H20N2O3. The third-order valence-corrected chi connectivity index (χ3v) is 4.23. The first-order valence-electron chi connectivity index (χ1n) is 7.19. The van der Waals surface area contributed by atoms with Gasteiger partial charge in [0.2, 0.25) is 0 Å². The van der Waals surface area contributed by atoms with E-state index in [0.717, 1.165) is 35.2 Å². The highest BCUT2D eigenvalue weighted by atomic mass is 16.5. The fourth-order valence-corrected chi connectivity index (χ4v) is 2.95. The van der Waals surface area contributed by atoms with Crippen molar-refractivity contribution in [1.82, 2.24) is 9.47 Å². The number of rotatable bonds is 3. The molecular weight excluding hydrogens is 268 g/mol. The number of nitrogens with zero attached hydrogens (tertiary/aromatic N) is 2. The van der Waals surface area contributed by atoms with Gasteiger partial charge < -0.3 is 14.4 Å². The number of morpholine rings is 1. The van der Waals surface area contributed by atoms with E-state index in [0.29, 0.717) is 19.8 Å². The molecule has 1 aromatic carbocycles. The van der Waals surface area contributed by atoms with Gasteiger partial charge in [0.25, 0.3) is 0 Å². The summed E-state index contributed by atoms with van der Waals surface area (Å²) in [5.41, 5.74) is 2.62. The van der Waals surface area contributed by atoms with Crippen molar-refractivity contribution < 1.29 is 14.6 Å². The van der Waals surface area contributed by atoms with Crippen LogP contribution in [0.2, 0.25) is 0 Å². The largest absolute Gasteiger partial charge is 0.508 e. The topological polar surface area (TPSA) is 54.7 Å². The number of aryl methyl sites for hydroxylation is 1. The standard InChI is InChI=1S/C16H20N2O3/c1-11-16(15(20)10-18-5-7-21-8-6-18)13-9-12(19)3-4-14(13)17(11)2/h3-4,9,19H,5-8,10H2,1-2H3. The quantitative estimate of drug-likeness (QED) is 0.874. The lowest BCUT2D eigenvalue weighted by molar-refractivity contribution is 0.0371. The summed E-state index contributed by atoms with van der Waals surface area (Å²) in [6.45, 7) is 5.30. The summed E-state index contributed by atoms with van der Waals surface area (Å²) in [7, 11) is 1.94. The molecule has 1 aromatic heterocycles. The van der Waals surface area contributed by atoms with Gasteiger partial charge in [-0.3, -0.25) is 9.69 Å². The zero-order chi connectivity index (χ0) is 15.0. The lowest BCUT2D eigenvalue weighted by atomic mass is 10.1. The van der Waals surface area contributed by atoms with Gasteiger partial charge in [-0.05, 0) is 25.1 Å². The third-order valence-electron chi connectivity index (χ3n) is 4.23. The van der Waals surface area contributed by atoms with Gasteiger partial charge in [-0.2, -0.15) is 0 Å². The molecule has 0 atom stereocenters. The lowest BCUT2D eigenvalue weighted by Gasteiger charge is -2.25. The van der Waals surface area contributed by atoms with Gasteiger partial charge >= 0.3 is 0 Å². The molecule has 112 valence electrons. The molecule has 0 unspecified atom stereocenters. The minimum Gasteiger partial charge on any atom is -0.508 e. The SMILES string of the molecule is Cc1c(C(=O)CN2CCOCC2)c2cc(O)ccc2n1C. The highest BCUT2D eigenvalue weighted by molar-refractivity contribution is 6.10. The van der Waals surface area contributed by atoms with Crippen LogP contribution in [-0.2, 0) is 11.8 Å². The van der Waals surface area contributed by atoms with Crippen LogP contribution >= 0.6 is 0 Å². The number of hydrogen-bond acceptors (Lipinski definition) is 4. The van der Waals surface area contributed by atoms with E-state index < -0.39 is 0 Å². The molecule has 0 spiro atoms. The van der Waals surface area contributed by atoms with E-state index in [2.05, 4.69) is 4.90 Å². The first kappa shape index (κ1) is 14.1. The molecule has 3 rings (SSSR count). The fourth-order valence-electron chi connectivity index (χ4n) is 2.95. The number of phenols is 1. The van der Waals surface area contributed by atoms with Crippen LogP contribution in [0.4, 0.5) is 0 Å². The van der Waals surface area contributed by atoms with Crippen LogP contribution in [0.1, 0.15) is 16.1 Å². The second-order valence-electron chi connectivity index (χ2n) is 5.53. The smallest absolute Gasteiger partial charge is 0.179 e. The number of aromatic hydroxyl groups is 1. The summed E-state index contributed by atoms with van der Waals surface area (Å²) in [5.74, 6) is 0.291. The van der Waals surface area contributed by atoms with Gasteiger partial charge in [-0.15, -0.1) is 0 Å². The van der Waals surface area contributed by atoms with Gasteiger partial charge in [0.1, 0.15) is 5.75 Å². The summed E-state index contributed by atoms with van der Waals surface area (Å²) < 4.78 is 7.31. The van der Waals surface area contributed by atoms with Crippen LogP contribution in [0.3, 0.4) is 0 Å². The van der Waals surface area contributed by atoms with Gasteiger partial charge in [-0.25, -0.2) is 0 Å². The maximum atomic E-state index is 12.7. The first-order valence-corrected chi connectivity index (χ1v) is 7.19. The molecule has 5 nitrogen and oxygen atoms in total. The monoisotopic (exact) mass is 288 g/mol. The number of fused-ring (bicyclic) bond motifs is 1. The van der Waals surface area contributed by atoms with E-state index in [9.17, 15) is 9.90 Å². The van der Waals surface area contributed by atoms with Gasteiger partial charge in [0.05, 0.1) is 19.8 Å². The minimum absolute atomic E-state index is 0.102. The Morgan fingerprint density at radius 2 is 2.05 bits per heavy atom. The van der Waals surface area contributed by atoms with Crippen LogP contribution < -0.4 is 0 Å². The molecule has 1 fully saturated rings. The first-order chi connectivity index (χ1) is 10.1. The summed E-state index contributed by atoms with van der Waals surface area (Å²) in [4.78, 5) is 14.8. The second kappa shape index (κ2) is 5.50. The van der Waals surface area contributed by atoms with Gasteiger partial charge in [0.15, 0.2) is 5.78 Å². The average molecular weight is 288 g/mol. The molecule has 0 aliphatic carbocycles. The van der Waals surface area contributed by atoms with E-state index in [1.807, 2.05) is 24.6 Å². The Morgan fingerprint density at radius 3 is 2.76 bits per heavy atom. The molecule has 0 radical (unpaired) electrons. The Bertz CT molecular complexity index is 684. The summed E-state index contributed by atoms with van der Waals surface area (Å²) in [6.07, 6.45) is 0. The Balaban J connectivity index is 1.96. The number of carbonyl (C=O) groups is 1. The van der Waals surface area contributed by atoms with Crippen molar-refractivity contribution in [3.05, 3.63) is 29.5 Å². The predicted octanol–water partition coefficient (Wildman–Crippen LogP) is 1.71. The van der Waals surface area contributed by atoms with Crippen molar-refractivity contribution >= 4 is 16.7 Å². The number of phenolic OH excluding ortho intramolecular Hbond substituents is 1. The number of ether oxygens (including phenoxy) is 1. The predicted molar refractivity (Wildman–Crippen MR) is 80.9 cm³/mol. The third kappa shape index (κ3) is 2.54. The maximum absolute atomic E-state index is 12.7. The normalized spacial score (nSPS) is 16.5. The van der Waals surface area contributed by atoms with E-state index >= 15 is 0 Å². The van der Waals surface area contributed by atoms with Crippen molar-refractivity contribution in [2.24, 2.45) is 7.05 Å². The number of benzene rings is 1. The number of ketones is 1. The Labute approximate surface area is 123 Å². The van der Waals surface area contributed by atoms with E-state index in [4.69, 9.17) is 4.74 Å². The Hall–Kier alpha value is -1.85. The van der Waals surface area contributed by atoms with Gasteiger partial charge in [-0.1, -0.05) is 0 Å². The van der Waals surface area contributed by atoms with Crippen LogP contribution in [0, 0.1) is 6.92 Å². The molecule has 0 bridgehead atoms. The number of Topliss-reactive ketones (excluding diaryl/α,β-unsaturated/α-hetero) is 1. The molecule has 1 aliphatic rings.